The monoisotopic (exact) mass is 225 g/mol. The number of rotatable bonds is 1. The smallest absolute Gasteiger partial charge is 0.407 e. The SMILES string of the molecule is C#[N+]C1CCC(NC(=O)OC(C)(C)C)CC1. The van der Waals surface area contributed by atoms with Crippen LogP contribution in [0.15, 0.2) is 0 Å². The van der Waals surface area contributed by atoms with Crippen LogP contribution in [0.4, 0.5) is 4.79 Å². The minimum atomic E-state index is -0.437. The maximum absolute atomic E-state index is 11.5. The number of alkyl carbamates (subject to hydrolysis) is 1. The Morgan fingerprint density at radius 3 is 2.31 bits per heavy atom. The molecule has 4 nitrogen and oxygen atoms in total. The summed E-state index contributed by atoms with van der Waals surface area (Å²) in [5.74, 6) is 0. The summed E-state index contributed by atoms with van der Waals surface area (Å²) >= 11 is 0. The molecular weight excluding hydrogens is 204 g/mol. The molecule has 1 fully saturated rings. The molecule has 1 amide bonds. The molecule has 0 saturated heterocycles. The van der Waals surface area contributed by atoms with Crippen LogP contribution < -0.4 is 5.32 Å². The van der Waals surface area contributed by atoms with Gasteiger partial charge in [0.05, 0.1) is 0 Å². The summed E-state index contributed by atoms with van der Waals surface area (Å²) in [5.41, 5.74) is -0.437. The van der Waals surface area contributed by atoms with Crippen LogP contribution in [0.3, 0.4) is 0 Å². The highest BCUT2D eigenvalue weighted by Gasteiger charge is 2.28. The number of ether oxygens (including phenoxy) is 1. The molecule has 0 spiro atoms. The van der Waals surface area contributed by atoms with E-state index in [4.69, 9.17) is 11.3 Å². The third kappa shape index (κ3) is 4.52. The fourth-order valence-corrected chi connectivity index (χ4v) is 1.84. The van der Waals surface area contributed by atoms with Gasteiger partial charge in [-0.3, -0.25) is 0 Å². The van der Waals surface area contributed by atoms with E-state index in [0.29, 0.717) is 0 Å². The molecule has 1 N–H and O–H groups in total. The molecule has 0 bridgehead atoms. The molecule has 0 unspecified atom stereocenters. The Morgan fingerprint density at radius 2 is 1.88 bits per heavy atom. The van der Waals surface area contributed by atoms with Crippen LogP contribution in [0.5, 0.6) is 0 Å². The van der Waals surface area contributed by atoms with Gasteiger partial charge >= 0.3 is 6.09 Å². The average Bonchev–Trinajstić information content (AvgIpc) is 2.16. The summed E-state index contributed by atoms with van der Waals surface area (Å²) in [5, 5.41) is 2.88. The summed E-state index contributed by atoms with van der Waals surface area (Å²) in [7, 11) is 0. The van der Waals surface area contributed by atoms with Gasteiger partial charge in [0.25, 0.3) is 12.6 Å². The van der Waals surface area contributed by atoms with E-state index >= 15 is 0 Å². The molecule has 0 aromatic heterocycles. The molecule has 1 aliphatic rings. The summed E-state index contributed by atoms with van der Waals surface area (Å²) in [4.78, 5) is 15.3. The van der Waals surface area contributed by atoms with Crippen LogP contribution in [0.2, 0.25) is 0 Å². The molecule has 1 saturated carbocycles. The Hall–Kier alpha value is -1.24. The molecule has 0 atom stereocenters. The molecular formula is C12H21N2O2+. The van der Waals surface area contributed by atoms with Gasteiger partial charge in [-0.15, -0.1) is 0 Å². The van der Waals surface area contributed by atoms with E-state index in [1.165, 1.54) is 0 Å². The van der Waals surface area contributed by atoms with Crippen molar-refractivity contribution in [1.29, 1.82) is 0 Å². The molecule has 4 heteroatoms. The van der Waals surface area contributed by atoms with Gasteiger partial charge in [-0.25, -0.2) is 4.79 Å². The van der Waals surface area contributed by atoms with Crippen LogP contribution >= 0.6 is 0 Å². The zero-order valence-electron chi connectivity index (χ0n) is 10.3. The van der Waals surface area contributed by atoms with Crippen molar-refractivity contribution in [2.24, 2.45) is 0 Å². The number of nitrogens with zero attached hydrogens (tertiary/aromatic N) is 1. The van der Waals surface area contributed by atoms with Crippen molar-refractivity contribution in [2.75, 3.05) is 0 Å². The second-order valence-electron chi connectivity index (χ2n) is 5.30. The van der Waals surface area contributed by atoms with Crippen molar-refractivity contribution in [2.45, 2.75) is 64.1 Å². The Labute approximate surface area is 97.2 Å². The summed E-state index contributed by atoms with van der Waals surface area (Å²) in [6.07, 6.45) is 3.39. The number of carbonyl (C=O) groups excluding carboxylic acids is 1. The van der Waals surface area contributed by atoms with Gasteiger partial charge in [0.1, 0.15) is 5.60 Å². The largest absolute Gasteiger partial charge is 0.444 e. The van der Waals surface area contributed by atoms with Gasteiger partial charge < -0.3 is 10.1 Å². The normalized spacial score (nSPS) is 25.6. The number of hydrogen-bond donors (Lipinski definition) is 1. The summed E-state index contributed by atoms with van der Waals surface area (Å²) in [6.45, 7) is 10.8. The van der Waals surface area contributed by atoms with Crippen molar-refractivity contribution in [3.63, 3.8) is 0 Å². The fourth-order valence-electron chi connectivity index (χ4n) is 1.84. The van der Waals surface area contributed by atoms with Crippen molar-refractivity contribution >= 4 is 6.09 Å². The van der Waals surface area contributed by atoms with E-state index in [-0.39, 0.29) is 18.2 Å². The van der Waals surface area contributed by atoms with E-state index in [1.807, 2.05) is 20.8 Å². The van der Waals surface area contributed by atoms with Gasteiger partial charge in [0.15, 0.2) is 0 Å². The third-order valence-electron chi connectivity index (χ3n) is 2.63. The highest BCUT2D eigenvalue weighted by molar-refractivity contribution is 5.68. The molecule has 1 rings (SSSR count). The van der Waals surface area contributed by atoms with Gasteiger partial charge in [-0.05, 0) is 33.6 Å². The lowest BCUT2D eigenvalue weighted by Gasteiger charge is -2.25. The molecule has 0 aromatic rings. The minimum absolute atomic E-state index is 0.202. The van der Waals surface area contributed by atoms with Crippen LogP contribution in [0.25, 0.3) is 4.85 Å². The summed E-state index contributed by atoms with van der Waals surface area (Å²) in [6, 6.07) is 0.463. The van der Waals surface area contributed by atoms with Crippen LogP contribution in [0, 0.1) is 6.57 Å². The predicted molar refractivity (Wildman–Crippen MR) is 63.7 cm³/mol. The molecule has 0 aromatic carbocycles. The Kier molecular flexibility index (Phi) is 4.17. The van der Waals surface area contributed by atoms with Gasteiger partial charge in [0, 0.05) is 18.9 Å². The van der Waals surface area contributed by atoms with E-state index in [9.17, 15) is 4.79 Å². The number of amides is 1. The van der Waals surface area contributed by atoms with Gasteiger partial charge in [-0.1, -0.05) is 4.85 Å². The third-order valence-corrected chi connectivity index (χ3v) is 2.63. The molecule has 0 heterocycles. The van der Waals surface area contributed by atoms with Crippen LogP contribution in [0.1, 0.15) is 46.5 Å². The van der Waals surface area contributed by atoms with E-state index in [2.05, 4.69) is 10.2 Å². The first-order valence-electron chi connectivity index (χ1n) is 5.80. The molecule has 0 radical (unpaired) electrons. The first kappa shape index (κ1) is 12.8. The average molecular weight is 225 g/mol. The number of carbonyl (C=O) groups is 1. The molecule has 0 aliphatic heterocycles. The Bertz CT molecular complexity index is 280. The second kappa shape index (κ2) is 5.20. The standard InChI is InChI=1S/C12H20N2O2/c1-12(2,3)16-11(15)14-10-7-5-9(13-4)6-8-10/h4,9-10H,5-8H2,1-3H3/p+1. The van der Waals surface area contributed by atoms with Crippen molar-refractivity contribution in [3.05, 3.63) is 4.85 Å². The maximum atomic E-state index is 11.5. The lowest BCUT2D eigenvalue weighted by Crippen LogP contribution is -2.41. The topological polar surface area (TPSA) is 42.7 Å². The lowest BCUT2D eigenvalue weighted by molar-refractivity contribution is 0.0492. The van der Waals surface area contributed by atoms with E-state index in [0.717, 1.165) is 25.7 Å². The number of nitrogens with one attached hydrogen (secondary N) is 1. The van der Waals surface area contributed by atoms with Crippen molar-refractivity contribution < 1.29 is 9.53 Å². The van der Waals surface area contributed by atoms with Crippen LogP contribution in [-0.4, -0.2) is 23.8 Å². The number of hydrogen-bond acceptors (Lipinski definition) is 2. The van der Waals surface area contributed by atoms with Crippen molar-refractivity contribution in [1.82, 2.24) is 5.32 Å². The highest BCUT2D eigenvalue weighted by atomic mass is 16.6. The second-order valence-corrected chi connectivity index (χ2v) is 5.30. The van der Waals surface area contributed by atoms with E-state index < -0.39 is 5.60 Å². The fraction of sp³-hybridized carbons (Fsp3) is 0.833. The predicted octanol–water partition coefficient (Wildman–Crippen LogP) is 2.79. The molecule has 1 aliphatic carbocycles. The Balaban J connectivity index is 2.29. The first-order valence-corrected chi connectivity index (χ1v) is 5.80. The quantitative estimate of drug-likeness (QED) is 0.745. The first-order chi connectivity index (χ1) is 7.40. The lowest BCUT2D eigenvalue weighted by atomic mass is 9.92. The molecule has 90 valence electrons. The minimum Gasteiger partial charge on any atom is -0.444 e. The zero-order chi connectivity index (χ0) is 12.2. The molecule has 16 heavy (non-hydrogen) atoms. The van der Waals surface area contributed by atoms with E-state index in [1.54, 1.807) is 0 Å². The van der Waals surface area contributed by atoms with Crippen molar-refractivity contribution in [3.8, 4) is 6.57 Å². The van der Waals surface area contributed by atoms with Gasteiger partial charge in [-0.2, -0.15) is 0 Å². The maximum Gasteiger partial charge on any atom is 0.407 e. The zero-order valence-corrected chi connectivity index (χ0v) is 10.3. The summed E-state index contributed by atoms with van der Waals surface area (Å²) < 4.78 is 5.20. The Morgan fingerprint density at radius 1 is 1.31 bits per heavy atom. The van der Waals surface area contributed by atoms with Gasteiger partial charge in [0.2, 0.25) is 0 Å². The van der Waals surface area contributed by atoms with Crippen LogP contribution in [-0.2, 0) is 4.74 Å². The highest BCUT2D eigenvalue weighted by Crippen LogP contribution is 2.21.